The van der Waals surface area contributed by atoms with Crippen LogP contribution in [-0.2, 0) is 18.3 Å². The van der Waals surface area contributed by atoms with E-state index in [1.54, 1.807) is 0 Å². The van der Waals surface area contributed by atoms with E-state index in [0.29, 0.717) is 18.1 Å². The summed E-state index contributed by atoms with van der Waals surface area (Å²) >= 11 is 0. The zero-order valence-electron chi connectivity index (χ0n) is 13.2. The molecular weight excluding hydrogens is 272 g/mol. The van der Waals surface area contributed by atoms with Crippen molar-refractivity contribution in [1.29, 1.82) is 0 Å². The summed E-state index contributed by atoms with van der Waals surface area (Å²) in [5.74, 6) is 0.709. The first kappa shape index (κ1) is 16.4. The van der Waals surface area contributed by atoms with Gasteiger partial charge < -0.3 is 18.3 Å². The lowest BCUT2D eigenvalue weighted by molar-refractivity contribution is 0.0862. The first-order valence-electron chi connectivity index (χ1n) is 8.18. The Bertz CT molecular complexity index is 281. The molecule has 0 radical (unpaired) electrons. The van der Waals surface area contributed by atoms with Gasteiger partial charge in [0.2, 0.25) is 0 Å². The molecule has 0 N–H and O–H groups in total. The highest BCUT2D eigenvalue weighted by Gasteiger charge is 2.43. The van der Waals surface area contributed by atoms with Gasteiger partial charge in [-0.15, -0.1) is 0 Å². The van der Waals surface area contributed by atoms with Crippen molar-refractivity contribution < 1.29 is 18.3 Å². The highest BCUT2D eigenvalue weighted by atomic mass is 28.4. The first-order valence-corrected chi connectivity index (χ1v) is 10.7. The van der Waals surface area contributed by atoms with Crippen molar-refractivity contribution in [2.45, 2.75) is 64.3 Å². The number of hydrogen-bond donors (Lipinski definition) is 0. The van der Waals surface area contributed by atoms with E-state index in [0.717, 1.165) is 38.9 Å². The van der Waals surface area contributed by atoms with Crippen molar-refractivity contribution in [3.05, 3.63) is 0 Å². The number of ether oxygens (including phenoxy) is 2. The first-order chi connectivity index (χ1) is 9.67. The van der Waals surface area contributed by atoms with Crippen LogP contribution < -0.4 is 0 Å². The quantitative estimate of drug-likeness (QED) is 0.353. The summed E-state index contributed by atoms with van der Waals surface area (Å²) in [5.41, 5.74) is 0. The summed E-state index contributed by atoms with van der Waals surface area (Å²) in [6, 6.07) is 1.02. The molecule has 1 heterocycles. The number of epoxide rings is 1. The van der Waals surface area contributed by atoms with Crippen LogP contribution in [-0.4, -0.2) is 47.2 Å². The van der Waals surface area contributed by atoms with E-state index in [1.807, 2.05) is 13.8 Å². The van der Waals surface area contributed by atoms with Crippen molar-refractivity contribution in [3.63, 3.8) is 0 Å². The van der Waals surface area contributed by atoms with Crippen LogP contribution >= 0.6 is 0 Å². The summed E-state index contributed by atoms with van der Waals surface area (Å²) in [4.78, 5) is 0. The van der Waals surface area contributed by atoms with Gasteiger partial charge in [-0.2, -0.15) is 0 Å². The molecule has 0 amide bonds. The summed E-state index contributed by atoms with van der Waals surface area (Å²) in [7, 11) is -1.94. The summed E-state index contributed by atoms with van der Waals surface area (Å²) in [5, 5.41) is 0. The molecule has 0 bridgehead atoms. The third-order valence-electron chi connectivity index (χ3n) is 4.29. The van der Waals surface area contributed by atoms with Crippen LogP contribution in [0.5, 0.6) is 0 Å². The van der Waals surface area contributed by atoms with Gasteiger partial charge in [-0.1, -0.05) is 0 Å². The van der Waals surface area contributed by atoms with Crippen molar-refractivity contribution >= 4 is 8.56 Å². The molecule has 5 heteroatoms. The Morgan fingerprint density at radius 3 is 2.50 bits per heavy atom. The highest BCUT2D eigenvalue weighted by Crippen LogP contribution is 2.39. The zero-order chi connectivity index (χ0) is 14.4. The number of rotatable bonds is 10. The van der Waals surface area contributed by atoms with Crippen molar-refractivity contribution in [3.8, 4) is 0 Å². The Morgan fingerprint density at radius 1 is 1.10 bits per heavy atom. The molecule has 2 aliphatic rings. The number of hydrogen-bond acceptors (Lipinski definition) is 4. The van der Waals surface area contributed by atoms with Crippen LogP contribution in [0.25, 0.3) is 0 Å². The lowest BCUT2D eigenvalue weighted by Crippen LogP contribution is -2.38. The Kier molecular flexibility index (Phi) is 6.48. The van der Waals surface area contributed by atoms with Crippen LogP contribution in [0.3, 0.4) is 0 Å². The fourth-order valence-electron chi connectivity index (χ4n) is 3.18. The van der Waals surface area contributed by atoms with Crippen molar-refractivity contribution in [1.82, 2.24) is 0 Å². The fourth-order valence-corrected chi connectivity index (χ4v) is 5.56. The molecule has 1 aliphatic carbocycles. The molecule has 4 nitrogen and oxygen atoms in total. The lowest BCUT2D eigenvalue weighted by Gasteiger charge is -2.26. The molecule has 20 heavy (non-hydrogen) atoms. The Hall–Kier alpha value is 0.0569. The van der Waals surface area contributed by atoms with Gasteiger partial charge in [-0.25, -0.2) is 0 Å². The molecular formula is C15H30O4Si. The van der Waals surface area contributed by atoms with Gasteiger partial charge in [0.15, 0.2) is 0 Å². The van der Waals surface area contributed by atoms with Gasteiger partial charge in [0, 0.05) is 26.4 Å². The summed E-state index contributed by atoms with van der Waals surface area (Å²) in [6.07, 6.45) is 5.90. The lowest BCUT2D eigenvalue weighted by atomic mass is 9.90. The van der Waals surface area contributed by atoms with Gasteiger partial charge in [-0.05, 0) is 58.0 Å². The molecule has 118 valence electrons. The standard InChI is InChI=1S/C15H30O4Si/c1-4-17-20(3,18-5-2)10-6-9-16-12-13-7-8-14-15(11-13)19-14/h13-15H,4-12H2,1-3H3. The smallest absolute Gasteiger partial charge is 0.334 e. The van der Waals surface area contributed by atoms with Crippen LogP contribution in [0, 0.1) is 5.92 Å². The maximum atomic E-state index is 5.85. The molecule has 0 spiro atoms. The second-order valence-corrected chi connectivity index (χ2v) is 9.42. The Balaban J connectivity index is 1.53. The normalized spacial score (nSPS) is 29.2. The molecule has 0 aromatic rings. The van der Waals surface area contributed by atoms with Crippen LogP contribution in [0.1, 0.15) is 39.5 Å². The monoisotopic (exact) mass is 302 g/mol. The predicted molar refractivity (Wildman–Crippen MR) is 81.1 cm³/mol. The second-order valence-electron chi connectivity index (χ2n) is 6.07. The van der Waals surface area contributed by atoms with Crippen molar-refractivity contribution in [2.24, 2.45) is 5.92 Å². The fraction of sp³-hybridized carbons (Fsp3) is 1.00. The highest BCUT2D eigenvalue weighted by molar-refractivity contribution is 6.66. The maximum Gasteiger partial charge on any atom is 0.334 e. The largest absolute Gasteiger partial charge is 0.395 e. The minimum atomic E-state index is -1.94. The minimum Gasteiger partial charge on any atom is -0.395 e. The molecule has 3 unspecified atom stereocenters. The number of fused-ring (bicyclic) bond motifs is 1. The average Bonchev–Trinajstić information content (AvgIpc) is 3.17. The Morgan fingerprint density at radius 2 is 1.85 bits per heavy atom. The molecule has 2 rings (SSSR count). The van der Waals surface area contributed by atoms with Gasteiger partial charge in [0.1, 0.15) is 0 Å². The molecule has 0 aromatic carbocycles. The van der Waals surface area contributed by atoms with Crippen LogP contribution in [0.4, 0.5) is 0 Å². The zero-order valence-corrected chi connectivity index (χ0v) is 14.2. The van der Waals surface area contributed by atoms with Gasteiger partial charge >= 0.3 is 8.56 Å². The van der Waals surface area contributed by atoms with Gasteiger partial charge in [-0.3, -0.25) is 0 Å². The summed E-state index contributed by atoms with van der Waals surface area (Å²) in [6.45, 7) is 9.45. The SMILES string of the molecule is CCO[Si](C)(CCCOCC1CCC2OC2C1)OCC. The van der Waals surface area contributed by atoms with E-state index in [4.69, 9.17) is 18.3 Å². The molecule has 3 atom stereocenters. The third kappa shape index (κ3) is 5.11. The summed E-state index contributed by atoms with van der Waals surface area (Å²) < 4.78 is 23.1. The topological polar surface area (TPSA) is 40.2 Å². The van der Waals surface area contributed by atoms with Gasteiger partial charge in [0.05, 0.1) is 12.2 Å². The Labute approximate surface area is 124 Å². The van der Waals surface area contributed by atoms with Crippen LogP contribution in [0.2, 0.25) is 12.6 Å². The van der Waals surface area contributed by atoms with E-state index in [9.17, 15) is 0 Å². The maximum absolute atomic E-state index is 5.85. The third-order valence-corrected chi connectivity index (χ3v) is 7.35. The van der Waals surface area contributed by atoms with E-state index in [2.05, 4.69) is 6.55 Å². The predicted octanol–water partition coefficient (Wildman–Crippen LogP) is 3.11. The van der Waals surface area contributed by atoms with E-state index in [1.165, 1.54) is 19.3 Å². The molecule has 2 fully saturated rings. The van der Waals surface area contributed by atoms with E-state index < -0.39 is 8.56 Å². The van der Waals surface area contributed by atoms with E-state index in [-0.39, 0.29) is 0 Å². The van der Waals surface area contributed by atoms with Crippen molar-refractivity contribution in [2.75, 3.05) is 26.4 Å². The molecule has 0 aromatic heterocycles. The minimum absolute atomic E-state index is 0.559. The van der Waals surface area contributed by atoms with Crippen LogP contribution in [0.15, 0.2) is 0 Å². The molecule has 1 saturated heterocycles. The van der Waals surface area contributed by atoms with Gasteiger partial charge in [0.25, 0.3) is 0 Å². The molecule has 1 saturated carbocycles. The second kappa shape index (κ2) is 7.89. The van der Waals surface area contributed by atoms with E-state index >= 15 is 0 Å². The average molecular weight is 302 g/mol. The molecule has 1 aliphatic heterocycles.